The van der Waals surface area contributed by atoms with Gasteiger partial charge in [0.1, 0.15) is 11.6 Å². The molecule has 0 saturated carbocycles. The van der Waals surface area contributed by atoms with Gasteiger partial charge in [-0.25, -0.2) is 9.37 Å². The number of nitrogens with zero attached hydrogens (tertiary/aromatic N) is 4. The molecule has 1 saturated heterocycles. The molecule has 0 radical (unpaired) electrons. The van der Waals surface area contributed by atoms with Gasteiger partial charge in [-0.1, -0.05) is 0 Å². The lowest BCUT2D eigenvalue weighted by Gasteiger charge is -2.36. The van der Waals surface area contributed by atoms with E-state index in [0.29, 0.717) is 35.6 Å². The van der Waals surface area contributed by atoms with Gasteiger partial charge in [0.15, 0.2) is 0 Å². The number of hydrogen-bond acceptors (Lipinski definition) is 7. The molecule has 2 aromatic rings. The minimum atomic E-state index is -0.206. The van der Waals surface area contributed by atoms with Gasteiger partial charge in [-0.3, -0.25) is 0 Å². The summed E-state index contributed by atoms with van der Waals surface area (Å²) in [6, 6.07) is 5.86. The van der Waals surface area contributed by atoms with Crippen molar-refractivity contribution in [3.8, 4) is 0 Å². The summed E-state index contributed by atoms with van der Waals surface area (Å²) in [5, 5.41) is 3.79. The number of nitrogens with one attached hydrogen (secondary N) is 1. The van der Waals surface area contributed by atoms with Crippen LogP contribution in [0, 0.1) is 5.82 Å². The molecule has 1 aromatic carbocycles. The van der Waals surface area contributed by atoms with E-state index in [1.807, 2.05) is 12.1 Å². The van der Waals surface area contributed by atoms with Crippen LogP contribution in [0.1, 0.15) is 18.7 Å². The number of piperidine rings is 1. The van der Waals surface area contributed by atoms with Gasteiger partial charge in [-0.15, -0.1) is 0 Å². The predicted octanol–water partition coefficient (Wildman–Crippen LogP) is 3.14. The van der Waals surface area contributed by atoms with Gasteiger partial charge in [0, 0.05) is 49.9 Å². The molecule has 142 valence electrons. The highest BCUT2D eigenvalue weighted by atomic mass is 32.1. The molecular formula is C18H26FN5OS. The molecule has 6 nitrogen and oxygen atoms in total. The lowest BCUT2D eigenvalue weighted by atomic mass is 10.0. The summed E-state index contributed by atoms with van der Waals surface area (Å²) in [5.74, 6) is 0.530. The van der Waals surface area contributed by atoms with E-state index in [-0.39, 0.29) is 5.82 Å². The summed E-state index contributed by atoms with van der Waals surface area (Å²) >= 11 is 1.27. The zero-order valence-electron chi connectivity index (χ0n) is 15.5. The number of hydrogen-bond donors (Lipinski definition) is 1. The van der Waals surface area contributed by atoms with E-state index in [4.69, 9.17) is 4.74 Å². The minimum absolute atomic E-state index is 0.206. The summed E-state index contributed by atoms with van der Waals surface area (Å²) in [6.07, 6.45) is 2.79. The second-order valence-electron chi connectivity index (χ2n) is 6.73. The van der Waals surface area contributed by atoms with E-state index in [2.05, 4.69) is 38.6 Å². The number of methoxy groups -OCH3 is 1. The Labute approximate surface area is 158 Å². The van der Waals surface area contributed by atoms with Crippen molar-refractivity contribution in [3.05, 3.63) is 29.8 Å². The highest BCUT2D eigenvalue weighted by Gasteiger charge is 2.22. The normalized spacial score (nSPS) is 15.7. The van der Waals surface area contributed by atoms with Crippen molar-refractivity contribution in [3.63, 3.8) is 0 Å². The lowest BCUT2D eigenvalue weighted by Crippen LogP contribution is -2.42. The van der Waals surface area contributed by atoms with Crippen LogP contribution in [0.25, 0.3) is 0 Å². The average Bonchev–Trinajstić information content (AvgIpc) is 3.07. The number of rotatable bonds is 7. The first-order valence-electron chi connectivity index (χ1n) is 8.86. The van der Waals surface area contributed by atoms with Gasteiger partial charge < -0.3 is 19.9 Å². The van der Waals surface area contributed by atoms with Gasteiger partial charge in [-0.2, -0.15) is 4.37 Å². The summed E-state index contributed by atoms with van der Waals surface area (Å²) in [6.45, 7) is 2.35. The molecule has 26 heavy (non-hydrogen) atoms. The van der Waals surface area contributed by atoms with E-state index in [1.165, 1.54) is 17.6 Å². The maximum absolute atomic E-state index is 14.6. The number of aromatic nitrogens is 2. The molecule has 0 bridgehead atoms. The largest absolute Gasteiger partial charge is 0.384 e. The number of halogens is 1. The van der Waals surface area contributed by atoms with E-state index >= 15 is 0 Å². The third kappa shape index (κ3) is 4.69. The molecule has 1 aliphatic heterocycles. The molecule has 0 spiro atoms. The van der Waals surface area contributed by atoms with Crippen molar-refractivity contribution < 1.29 is 9.13 Å². The first-order chi connectivity index (χ1) is 12.6. The van der Waals surface area contributed by atoms with E-state index in [1.54, 1.807) is 7.11 Å². The highest BCUT2D eigenvalue weighted by molar-refractivity contribution is 7.09. The Balaban J connectivity index is 1.62. The van der Waals surface area contributed by atoms with Crippen LogP contribution in [-0.2, 0) is 11.2 Å². The van der Waals surface area contributed by atoms with Gasteiger partial charge in [0.05, 0.1) is 12.3 Å². The molecule has 0 unspecified atom stereocenters. The van der Waals surface area contributed by atoms with Gasteiger partial charge >= 0.3 is 0 Å². The quantitative estimate of drug-likeness (QED) is 0.798. The second kappa shape index (κ2) is 8.75. The van der Waals surface area contributed by atoms with Crippen LogP contribution in [0.4, 0.5) is 20.9 Å². The Kier molecular flexibility index (Phi) is 6.39. The summed E-state index contributed by atoms with van der Waals surface area (Å²) in [7, 11) is 5.87. The Morgan fingerprint density at radius 3 is 2.77 bits per heavy atom. The Hall–Kier alpha value is -1.77. The standard InChI is InChI=1S/C18H26FN5OS/c1-23(2)14-6-9-24(10-7-14)16-5-4-13(12-15(16)19)20-18-21-17(22-26-18)8-11-25-3/h4-5,12,14H,6-11H2,1-3H3,(H,20,21,22). The zero-order valence-corrected chi connectivity index (χ0v) is 16.4. The maximum Gasteiger partial charge on any atom is 0.207 e. The van der Waals surface area contributed by atoms with Gasteiger partial charge in [-0.05, 0) is 45.1 Å². The molecule has 3 rings (SSSR count). The first kappa shape index (κ1) is 19.0. The number of anilines is 3. The third-order valence-electron chi connectivity index (χ3n) is 4.73. The van der Waals surface area contributed by atoms with Crippen molar-refractivity contribution in [1.29, 1.82) is 0 Å². The third-order valence-corrected chi connectivity index (χ3v) is 5.40. The monoisotopic (exact) mass is 379 g/mol. The van der Waals surface area contributed by atoms with Crippen LogP contribution >= 0.6 is 11.5 Å². The van der Waals surface area contributed by atoms with E-state index in [0.717, 1.165) is 31.8 Å². The SMILES string of the molecule is COCCc1nsc(Nc2ccc(N3CCC(N(C)C)CC3)c(F)c2)n1. The summed E-state index contributed by atoms with van der Waals surface area (Å²) in [5.41, 5.74) is 1.36. The van der Waals surface area contributed by atoms with Gasteiger partial charge in [0.2, 0.25) is 5.13 Å². The smallest absolute Gasteiger partial charge is 0.207 e. The molecule has 1 fully saturated rings. The minimum Gasteiger partial charge on any atom is -0.384 e. The molecule has 0 amide bonds. The Morgan fingerprint density at radius 2 is 2.12 bits per heavy atom. The first-order valence-corrected chi connectivity index (χ1v) is 9.63. The molecule has 1 N–H and O–H groups in total. The Morgan fingerprint density at radius 1 is 1.35 bits per heavy atom. The van der Waals surface area contributed by atoms with Crippen molar-refractivity contribution in [2.75, 3.05) is 51.1 Å². The van der Waals surface area contributed by atoms with E-state index in [9.17, 15) is 4.39 Å². The number of ether oxygens (including phenoxy) is 1. The Bertz CT molecular complexity index is 715. The topological polar surface area (TPSA) is 53.5 Å². The van der Waals surface area contributed by atoms with Crippen molar-refractivity contribution >= 4 is 28.0 Å². The summed E-state index contributed by atoms with van der Waals surface area (Å²) < 4.78 is 23.9. The fourth-order valence-corrected chi connectivity index (χ4v) is 3.82. The highest BCUT2D eigenvalue weighted by Crippen LogP contribution is 2.28. The molecule has 1 aliphatic rings. The van der Waals surface area contributed by atoms with Crippen LogP contribution in [0.5, 0.6) is 0 Å². The lowest BCUT2D eigenvalue weighted by molar-refractivity contribution is 0.201. The molecule has 8 heteroatoms. The molecule has 0 aliphatic carbocycles. The van der Waals surface area contributed by atoms with Crippen molar-refractivity contribution in [1.82, 2.24) is 14.3 Å². The van der Waals surface area contributed by atoms with Crippen LogP contribution in [0.3, 0.4) is 0 Å². The molecular weight excluding hydrogens is 353 g/mol. The van der Waals surface area contributed by atoms with Crippen molar-refractivity contribution in [2.45, 2.75) is 25.3 Å². The van der Waals surface area contributed by atoms with Crippen LogP contribution < -0.4 is 10.2 Å². The number of benzene rings is 1. The van der Waals surface area contributed by atoms with Crippen LogP contribution in [0.15, 0.2) is 18.2 Å². The average molecular weight is 380 g/mol. The van der Waals surface area contributed by atoms with Crippen molar-refractivity contribution in [2.24, 2.45) is 0 Å². The van der Waals surface area contributed by atoms with Gasteiger partial charge in [0.25, 0.3) is 0 Å². The van der Waals surface area contributed by atoms with Crippen LogP contribution in [-0.4, -0.2) is 61.2 Å². The molecule has 2 heterocycles. The fourth-order valence-electron chi connectivity index (χ4n) is 3.19. The van der Waals surface area contributed by atoms with Crippen LogP contribution in [0.2, 0.25) is 0 Å². The zero-order chi connectivity index (χ0) is 18.5. The second-order valence-corrected chi connectivity index (χ2v) is 7.48. The predicted molar refractivity (Wildman–Crippen MR) is 104 cm³/mol. The maximum atomic E-state index is 14.6. The summed E-state index contributed by atoms with van der Waals surface area (Å²) in [4.78, 5) is 8.77. The molecule has 0 atom stereocenters. The fraction of sp³-hybridized carbons (Fsp3) is 0.556. The van der Waals surface area contributed by atoms with E-state index < -0.39 is 0 Å². The molecule has 1 aromatic heterocycles.